The van der Waals surface area contributed by atoms with E-state index < -0.39 is 13.0 Å². The molecule has 1 aliphatic rings. The zero-order valence-corrected chi connectivity index (χ0v) is 15.7. The van der Waals surface area contributed by atoms with Gasteiger partial charge in [0.25, 0.3) is 6.43 Å². The predicted molar refractivity (Wildman–Crippen MR) is 76.2 cm³/mol. The van der Waals surface area contributed by atoms with Gasteiger partial charge >= 0.3 is 0 Å². The van der Waals surface area contributed by atoms with E-state index in [4.69, 9.17) is 16.3 Å². The molecule has 0 fully saturated rings. The second kappa shape index (κ2) is 8.95. The van der Waals surface area contributed by atoms with Crippen molar-refractivity contribution in [3.8, 4) is 5.75 Å². The van der Waals surface area contributed by atoms with Crippen molar-refractivity contribution < 1.29 is 51.0 Å². The fourth-order valence-corrected chi connectivity index (χ4v) is 2.42. The van der Waals surface area contributed by atoms with Crippen molar-refractivity contribution in [1.82, 2.24) is 4.90 Å². The first-order valence-corrected chi connectivity index (χ1v) is 7.02. The molecule has 0 aromatic heterocycles. The number of hydrogen-bond acceptors (Lipinski definition) is 2. The SMILES string of the molecule is CCOc1ccc(C2=[C-]CCC(=O)N2CC(F)F)c(Cl)c1.[Y]. The molecule has 0 saturated carbocycles. The molecule has 1 aliphatic heterocycles. The van der Waals surface area contributed by atoms with Crippen LogP contribution in [0.1, 0.15) is 25.3 Å². The minimum atomic E-state index is -2.61. The van der Waals surface area contributed by atoms with E-state index in [2.05, 4.69) is 6.08 Å². The van der Waals surface area contributed by atoms with Gasteiger partial charge in [-0.15, -0.1) is 35.3 Å². The molecule has 2 rings (SSSR count). The number of benzene rings is 1. The van der Waals surface area contributed by atoms with Crippen LogP contribution in [0.3, 0.4) is 0 Å². The summed E-state index contributed by atoms with van der Waals surface area (Å²) in [5, 5.41) is 0.345. The summed E-state index contributed by atoms with van der Waals surface area (Å²) in [5.41, 5.74) is 0.827. The molecule has 0 atom stereocenters. The van der Waals surface area contributed by atoms with Gasteiger partial charge in [0, 0.05) is 39.1 Å². The van der Waals surface area contributed by atoms with Gasteiger partial charge in [0.05, 0.1) is 13.2 Å². The fourth-order valence-electron chi connectivity index (χ4n) is 2.16. The molecular formula is C15H15ClF2NO2Y-. The average Bonchev–Trinajstić information content (AvgIpc) is 2.42. The van der Waals surface area contributed by atoms with Crippen LogP contribution in [0.25, 0.3) is 5.70 Å². The molecule has 3 nitrogen and oxygen atoms in total. The Morgan fingerprint density at radius 2 is 2.18 bits per heavy atom. The monoisotopic (exact) mass is 403 g/mol. The third kappa shape index (κ3) is 4.74. The van der Waals surface area contributed by atoms with E-state index in [1.54, 1.807) is 18.2 Å². The summed E-state index contributed by atoms with van der Waals surface area (Å²) in [6, 6.07) is 4.96. The first kappa shape index (κ1) is 19.5. The molecule has 0 aliphatic carbocycles. The molecule has 7 heteroatoms. The Labute approximate surface area is 158 Å². The van der Waals surface area contributed by atoms with Crippen molar-refractivity contribution in [1.29, 1.82) is 0 Å². The Hall–Kier alpha value is -0.516. The number of allylic oxidation sites excluding steroid dienone is 1. The van der Waals surface area contributed by atoms with Gasteiger partial charge in [-0.3, -0.25) is 4.79 Å². The van der Waals surface area contributed by atoms with Gasteiger partial charge in [0.2, 0.25) is 5.91 Å². The molecule has 1 aromatic carbocycles. The Kier molecular flexibility index (Phi) is 7.94. The van der Waals surface area contributed by atoms with Crippen LogP contribution in [0.4, 0.5) is 8.78 Å². The third-order valence-electron chi connectivity index (χ3n) is 3.03. The van der Waals surface area contributed by atoms with Gasteiger partial charge < -0.3 is 9.64 Å². The zero-order chi connectivity index (χ0) is 15.4. The quantitative estimate of drug-likeness (QED) is 0.701. The van der Waals surface area contributed by atoms with Crippen LogP contribution in [-0.2, 0) is 37.5 Å². The van der Waals surface area contributed by atoms with Gasteiger partial charge in [-0.2, -0.15) is 0 Å². The number of nitrogens with zero attached hydrogens (tertiary/aromatic N) is 1. The largest absolute Gasteiger partial charge is 0.494 e. The smallest absolute Gasteiger partial charge is 0.256 e. The van der Waals surface area contributed by atoms with E-state index in [9.17, 15) is 13.6 Å². The normalized spacial score (nSPS) is 14.7. The third-order valence-corrected chi connectivity index (χ3v) is 3.34. The van der Waals surface area contributed by atoms with Crippen molar-refractivity contribution in [2.75, 3.05) is 13.2 Å². The molecule has 1 amide bonds. The van der Waals surface area contributed by atoms with E-state index in [1.807, 2.05) is 6.92 Å². The fraction of sp³-hybridized carbons (Fsp3) is 0.400. The van der Waals surface area contributed by atoms with Gasteiger partial charge in [-0.05, 0) is 24.1 Å². The van der Waals surface area contributed by atoms with Gasteiger partial charge in [-0.1, -0.05) is 0 Å². The number of rotatable bonds is 5. The molecule has 1 heterocycles. The molecule has 117 valence electrons. The van der Waals surface area contributed by atoms with E-state index in [-0.39, 0.29) is 45.0 Å². The Morgan fingerprint density at radius 1 is 1.45 bits per heavy atom. The van der Waals surface area contributed by atoms with E-state index in [0.29, 0.717) is 35.1 Å². The predicted octanol–water partition coefficient (Wildman–Crippen LogP) is 3.77. The van der Waals surface area contributed by atoms with Gasteiger partial charge in [0.15, 0.2) is 0 Å². The molecule has 22 heavy (non-hydrogen) atoms. The molecule has 0 N–H and O–H groups in total. The zero-order valence-electron chi connectivity index (χ0n) is 12.1. The summed E-state index contributed by atoms with van der Waals surface area (Å²) >= 11 is 6.18. The number of carbonyl (C=O) groups excluding carboxylic acids is 1. The van der Waals surface area contributed by atoms with E-state index in [1.165, 1.54) is 0 Å². The van der Waals surface area contributed by atoms with Crippen LogP contribution in [0.5, 0.6) is 5.75 Å². The van der Waals surface area contributed by atoms with Crippen LogP contribution in [-0.4, -0.2) is 30.4 Å². The molecule has 0 bridgehead atoms. The van der Waals surface area contributed by atoms with Crippen LogP contribution in [0.15, 0.2) is 18.2 Å². The number of alkyl halides is 2. The second-order valence-corrected chi connectivity index (χ2v) is 4.90. The van der Waals surface area contributed by atoms with Crippen molar-refractivity contribution in [2.45, 2.75) is 26.2 Å². The molecule has 0 unspecified atom stereocenters. The summed E-state index contributed by atoms with van der Waals surface area (Å²) in [6.07, 6.45) is 0.956. The number of carbonyl (C=O) groups is 1. The maximum atomic E-state index is 12.7. The Bertz CT molecular complexity index is 566. The number of ether oxygens (including phenoxy) is 1. The average molecular weight is 404 g/mol. The topological polar surface area (TPSA) is 29.5 Å². The number of halogens is 3. The van der Waals surface area contributed by atoms with Crippen molar-refractivity contribution in [3.63, 3.8) is 0 Å². The summed E-state index contributed by atoms with van der Waals surface area (Å²) in [7, 11) is 0. The molecule has 0 spiro atoms. The number of hydrogen-bond donors (Lipinski definition) is 0. The first-order chi connectivity index (χ1) is 10.0. The second-order valence-electron chi connectivity index (χ2n) is 4.50. The molecule has 0 saturated heterocycles. The van der Waals surface area contributed by atoms with Crippen LogP contribution >= 0.6 is 11.6 Å². The Balaban J connectivity index is 0.00000242. The minimum absolute atomic E-state index is 0. The van der Waals surface area contributed by atoms with Gasteiger partial charge in [0.1, 0.15) is 5.75 Å². The maximum Gasteiger partial charge on any atom is 0.256 e. The standard InChI is InChI=1S/C15H15ClF2NO2.Y/c1-2-21-10-6-7-11(12(16)8-10)13-4-3-5-15(20)19(13)9-14(17)18;/h6-8,14H,2-3,5,9H2,1H3;/q-1;. The van der Waals surface area contributed by atoms with Crippen molar-refractivity contribution in [2.24, 2.45) is 0 Å². The van der Waals surface area contributed by atoms with Crippen LogP contribution in [0, 0.1) is 6.08 Å². The molecule has 1 aromatic rings. The number of amides is 1. The summed E-state index contributed by atoms with van der Waals surface area (Å²) < 4.78 is 30.6. The summed E-state index contributed by atoms with van der Waals surface area (Å²) in [5.74, 6) is 0.253. The van der Waals surface area contributed by atoms with E-state index >= 15 is 0 Å². The van der Waals surface area contributed by atoms with Crippen molar-refractivity contribution >= 4 is 23.2 Å². The van der Waals surface area contributed by atoms with Crippen LogP contribution in [0.2, 0.25) is 5.02 Å². The van der Waals surface area contributed by atoms with Crippen LogP contribution < -0.4 is 4.74 Å². The maximum absolute atomic E-state index is 12.7. The summed E-state index contributed by atoms with van der Waals surface area (Å²) in [4.78, 5) is 12.9. The van der Waals surface area contributed by atoms with Gasteiger partial charge in [-0.25, -0.2) is 14.9 Å². The molecular weight excluding hydrogens is 389 g/mol. The van der Waals surface area contributed by atoms with Crippen molar-refractivity contribution in [3.05, 3.63) is 34.9 Å². The first-order valence-electron chi connectivity index (χ1n) is 6.65. The van der Waals surface area contributed by atoms with E-state index in [0.717, 1.165) is 4.90 Å². The Morgan fingerprint density at radius 3 is 2.77 bits per heavy atom. The minimum Gasteiger partial charge on any atom is -0.494 e. The molecule has 1 radical (unpaired) electrons. The summed E-state index contributed by atoms with van der Waals surface area (Å²) in [6.45, 7) is 1.70.